The zero-order chi connectivity index (χ0) is 22.7. The Morgan fingerprint density at radius 2 is 1.79 bits per heavy atom. The van der Waals surface area contributed by atoms with E-state index < -0.39 is 11.3 Å². The molecule has 1 aliphatic carbocycles. The van der Waals surface area contributed by atoms with Gasteiger partial charge in [0.15, 0.2) is 5.78 Å². The van der Waals surface area contributed by atoms with Crippen molar-refractivity contribution in [2.75, 3.05) is 0 Å². The summed E-state index contributed by atoms with van der Waals surface area (Å²) in [6, 6.07) is 17.7. The number of nitrogens with zero attached hydrogens (tertiary/aromatic N) is 6. The summed E-state index contributed by atoms with van der Waals surface area (Å²) in [5, 5.41) is 15.3. The summed E-state index contributed by atoms with van der Waals surface area (Å²) in [5.41, 5.74) is 4.01. The van der Waals surface area contributed by atoms with Crippen LogP contribution in [0.3, 0.4) is 0 Å². The number of para-hydroxylation sites is 3. The Bertz CT molecular complexity index is 1590. The van der Waals surface area contributed by atoms with Gasteiger partial charge in [-0.25, -0.2) is 14.6 Å². The third-order valence-electron chi connectivity index (χ3n) is 6.18. The second kappa shape index (κ2) is 7.02. The van der Waals surface area contributed by atoms with E-state index in [0.29, 0.717) is 28.5 Å². The standard InChI is InChI=1S/C25H18N6OS/c1-25(2)11-19-21(23(32)14(25)12-26)22(18-13-27-15-7-3-4-8-16(15)28-18)30-31(19)24-29-17-9-5-6-10-20(17)33-24/h3-10,13-14H,11H2,1-2H3. The number of thiazole rings is 1. The number of rotatable bonds is 2. The molecule has 1 unspecified atom stereocenters. The first-order chi connectivity index (χ1) is 16.0. The van der Waals surface area contributed by atoms with Crippen molar-refractivity contribution in [2.45, 2.75) is 20.3 Å². The van der Waals surface area contributed by atoms with Crippen LogP contribution in [0, 0.1) is 22.7 Å². The van der Waals surface area contributed by atoms with Crippen molar-refractivity contribution < 1.29 is 4.79 Å². The van der Waals surface area contributed by atoms with E-state index in [1.54, 1.807) is 10.9 Å². The first kappa shape index (κ1) is 19.7. The Balaban J connectivity index is 1.63. The summed E-state index contributed by atoms with van der Waals surface area (Å²) in [7, 11) is 0. The van der Waals surface area contributed by atoms with E-state index in [1.807, 2.05) is 62.4 Å². The Morgan fingerprint density at radius 1 is 1.06 bits per heavy atom. The number of carbonyl (C=O) groups excluding carboxylic acids is 1. The highest BCUT2D eigenvalue weighted by Gasteiger charge is 2.46. The van der Waals surface area contributed by atoms with Crippen molar-refractivity contribution in [2.24, 2.45) is 11.3 Å². The van der Waals surface area contributed by atoms with Gasteiger partial charge in [-0.05, 0) is 36.1 Å². The molecule has 0 aliphatic heterocycles. The highest BCUT2D eigenvalue weighted by molar-refractivity contribution is 7.20. The van der Waals surface area contributed by atoms with Gasteiger partial charge in [0.25, 0.3) is 0 Å². The van der Waals surface area contributed by atoms with Gasteiger partial charge in [-0.1, -0.05) is 49.4 Å². The van der Waals surface area contributed by atoms with Gasteiger partial charge in [-0.3, -0.25) is 9.78 Å². The van der Waals surface area contributed by atoms with Gasteiger partial charge >= 0.3 is 0 Å². The molecule has 3 aromatic heterocycles. The summed E-state index contributed by atoms with van der Waals surface area (Å²) in [4.78, 5) is 27.6. The Labute approximate surface area is 193 Å². The van der Waals surface area contributed by atoms with Crippen molar-refractivity contribution in [3.63, 3.8) is 0 Å². The third-order valence-corrected chi connectivity index (χ3v) is 7.19. The summed E-state index contributed by atoms with van der Waals surface area (Å²) >= 11 is 1.52. The smallest absolute Gasteiger partial charge is 0.211 e. The number of fused-ring (bicyclic) bond motifs is 3. The molecule has 5 aromatic rings. The predicted octanol–water partition coefficient (Wildman–Crippen LogP) is 5.00. The maximum absolute atomic E-state index is 13.6. The zero-order valence-corrected chi connectivity index (χ0v) is 18.8. The molecule has 0 spiro atoms. The fourth-order valence-electron chi connectivity index (χ4n) is 4.50. The summed E-state index contributed by atoms with van der Waals surface area (Å²) < 4.78 is 2.81. The molecule has 0 radical (unpaired) electrons. The molecule has 0 N–H and O–H groups in total. The maximum Gasteiger partial charge on any atom is 0.211 e. The molecular weight excluding hydrogens is 432 g/mol. The first-order valence-electron chi connectivity index (χ1n) is 10.6. The van der Waals surface area contributed by atoms with Gasteiger partial charge in [0.1, 0.15) is 17.3 Å². The molecule has 1 atom stereocenters. The Hall–Kier alpha value is -3.96. The molecule has 0 amide bonds. The van der Waals surface area contributed by atoms with E-state index in [9.17, 15) is 10.1 Å². The average Bonchev–Trinajstić information content (AvgIpc) is 3.40. The molecule has 3 heterocycles. The van der Waals surface area contributed by atoms with Crippen molar-refractivity contribution in [1.82, 2.24) is 24.7 Å². The summed E-state index contributed by atoms with van der Waals surface area (Å²) in [5.74, 6) is -0.980. The number of hydrogen-bond donors (Lipinski definition) is 0. The molecule has 7 nitrogen and oxygen atoms in total. The minimum Gasteiger partial charge on any atom is -0.293 e. The highest BCUT2D eigenvalue weighted by atomic mass is 32.1. The lowest BCUT2D eigenvalue weighted by atomic mass is 9.68. The second-order valence-electron chi connectivity index (χ2n) is 8.88. The number of benzene rings is 2. The summed E-state index contributed by atoms with van der Waals surface area (Å²) in [6.45, 7) is 3.90. The molecule has 6 rings (SSSR count). The predicted molar refractivity (Wildman–Crippen MR) is 126 cm³/mol. The number of carbonyl (C=O) groups is 1. The minimum atomic E-state index is -0.759. The van der Waals surface area contributed by atoms with E-state index >= 15 is 0 Å². The fraction of sp³-hybridized carbons (Fsp3) is 0.200. The lowest BCUT2D eigenvalue weighted by Crippen LogP contribution is -2.37. The monoisotopic (exact) mass is 450 g/mol. The third kappa shape index (κ3) is 2.97. The topological polar surface area (TPSA) is 97.3 Å². The van der Waals surface area contributed by atoms with Gasteiger partial charge in [0, 0.05) is 0 Å². The fourth-order valence-corrected chi connectivity index (χ4v) is 5.44. The van der Waals surface area contributed by atoms with Crippen LogP contribution in [0.15, 0.2) is 54.7 Å². The molecular formula is C25H18N6OS. The molecule has 33 heavy (non-hydrogen) atoms. The zero-order valence-electron chi connectivity index (χ0n) is 18.0. The lowest BCUT2D eigenvalue weighted by Gasteiger charge is -2.33. The SMILES string of the molecule is CC1(C)Cc2c(c(-c3cnc4ccccc4n3)nn2-c2nc3ccccc3s2)C(=O)C1C#N. The molecule has 0 bridgehead atoms. The minimum absolute atomic E-state index is 0.221. The van der Waals surface area contributed by atoms with Gasteiger partial charge in [-0.2, -0.15) is 10.4 Å². The quantitative estimate of drug-likeness (QED) is 0.376. The van der Waals surface area contributed by atoms with Crippen LogP contribution in [0.5, 0.6) is 0 Å². The van der Waals surface area contributed by atoms with E-state index in [4.69, 9.17) is 15.1 Å². The van der Waals surface area contributed by atoms with Crippen molar-refractivity contribution in [1.29, 1.82) is 5.26 Å². The van der Waals surface area contributed by atoms with Gasteiger partial charge in [0.05, 0.1) is 44.8 Å². The number of Topliss-reactive ketones (excluding diaryl/α,β-unsaturated/α-hetero) is 1. The molecule has 8 heteroatoms. The molecule has 1 aliphatic rings. The molecule has 0 saturated heterocycles. The largest absolute Gasteiger partial charge is 0.293 e. The molecule has 0 saturated carbocycles. The summed E-state index contributed by atoms with van der Waals surface area (Å²) in [6.07, 6.45) is 2.16. The van der Waals surface area contributed by atoms with E-state index in [0.717, 1.165) is 26.9 Å². The highest BCUT2D eigenvalue weighted by Crippen LogP contribution is 2.43. The average molecular weight is 451 g/mol. The lowest BCUT2D eigenvalue weighted by molar-refractivity contribution is 0.0835. The number of ketones is 1. The normalized spacial score (nSPS) is 17.2. The second-order valence-corrected chi connectivity index (χ2v) is 9.89. The van der Waals surface area contributed by atoms with Crippen LogP contribution in [-0.4, -0.2) is 30.5 Å². The van der Waals surface area contributed by atoms with Gasteiger partial charge < -0.3 is 0 Å². The number of hydrogen-bond acceptors (Lipinski definition) is 7. The van der Waals surface area contributed by atoms with E-state index in [2.05, 4.69) is 11.1 Å². The number of nitriles is 1. The van der Waals surface area contributed by atoms with Crippen LogP contribution in [0.2, 0.25) is 0 Å². The van der Waals surface area contributed by atoms with Crippen LogP contribution in [0.1, 0.15) is 29.9 Å². The van der Waals surface area contributed by atoms with Crippen LogP contribution in [0.25, 0.3) is 37.8 Å². The van der Waals surface area contributed by atoms with Crippen LogP contribution < -0.4 is 0 Å². The number of aromatic nitrogens is 5. The maximum atomic E-state index is 13.6. The van der Waals surface area contributed by atoms with Crippen LogP contribution in [-0.2, 0) is 6.42 Å². The van der Waals surface area contributed by atoms with Crippen LogP contribution >= 0.6 is 11.3 Å². The Kier molecular flexibility index (Phi) is 4.19. The van der Waals surface area contributed by atoms with Crippen molar-refractivity contribution >= 4 is 38.4 Å². The van der Waals surface area contributed by atoms with Crippen LogP contribution in [0.4, 0.5) is 0 Å². The first-order valence-corrected chi connectivity index (χ1v) is 11.4. The van der Waals surface area contributed by atoms with E-state index in [-0.39, 0.29) is 5.78 Å². The molecule has 2 aromatic carbocycles. The van der Waals surface area contributed by atoms with Gasteiger partial charge in [0.2, 0.25) is 5.13 Å². The van der Waals surface area contributed by atoms with Crippen molar-refractivity contribution in [3.8, 4) is 22.6 Å². The molecule has 0 fully saturated rings. The molecule has 160 valence electrons. The Morgan fingerprint density at radius 3 is 2.55 bits per heavy atom. The van der Waals surface area contributed by atoms with E-state index in [1.165, 1.54) is 11.3 Å². The van der Waals surface area contributed by atoms with Gasteiger partial charge in [-0.15, -0.1) is 0 Å². The van der Waals surface area contributed by atoms with Crippen molar-refractivity contribution in [3.05, 3.63) is 66.0 Å².